The van der Waals surface area contributed by atoms with E-state index in [1.807, 2.05) is 45.0 Å². The highest BCUT2D eigenvalue weighted by Gasteiger charge is 2.20. The average molecular weight is 388 g/mol. The monoisotopic (exact) mass is 387 g/mol. The quantitative estimate of drug-likeness (QED) is 0.687. The first-order chi connectivity index (χ1) is 11.4. The molecule has 0 saturated carbocycles. The lowest BCUT2D eigenvalue weighted by Crippen LogP contribution is -2.14. The zero-order valence-corrected chi connectivity index (χ0v) is 15.6. The number of benzene rings is 1. The van der Waals surface area contributed by atoms with Gasteiger partial charge in [-0.05, 0) is 59.5 Å². The van der Waals surface area contributed by atoms with Crippen molar-refractivity contribution in [3.63, 3.8) is 0 Å². The van der Waals surface area contributed by atoms with E-state index in [-0.39, 0.29) is 11.8 Å². The van der Waals surface area contributed by atoms with Gasteiger partial charge in [0.15, 0.2) is 0 Å². The van der Waals surface area contributed by atoms with E-state index in [1.54, 1.807) is 6.92 Å². The molecule has 5 nitrogen and oxygen atoms in total. The van der Waals surface area contributed by atoms with Crippen molar-refractivity contribution in [2.24, 2.45) is 0 Å². The van der Waals surface area contributed by atoms with Gasteiger partial charge in [-0.25, -0.2) is 4.98 Å². The zero-order valence-electron chi connectivity index (χ0n) is 14.0. The molecule has 0 bridgehead atoms. The lowest BCUT2D eigenvalue weighted by atomic mass is 10.0. The molecule has 124 valence electrons. The topological polar surface area (TPSA) is 68.0 Å². The van der Waals surface area contributed by atoms with E-state index in [1.165, 1.54) is 0 Å². The van der Waals surface area contributed by atoms with Crippen molar-refractivity contribution in [2.75, 3.05) is 5.32 Å². The van der Waals surface area contributed by atoms with Crippen LogP contribution in [-0.2, 0) is 0 Å². The number of hydrogen-bond acceptors (Lipinski definition) is 4. The van der Waals surface area contributed by atoms with Gasteiger partial charge < -0.3 is 9.84 Å². The summed E-state index contributed by atoms with van der Waals surface area (Å²) in [6.07, 6.45) is 0. The van der Waals surface area contributed by atoms with Crippen molar-refractivity contribution < 1.29 is 9.32 Å². The molecule has 0 saturated heterocycles. The van der Waals surface area contributed by atoms with Gasteiger partial charge >= 0.3 is 0 Å². The molecule has 0 spiro atoms. The number of fused-ring (bicyclic) bond motifs is 1. The summed E-state index contributed by atoms with van der Waals surface area (Å²) in [5.74, 6) is -0.0300. The number of pyridine rings is 1. The Labute approximate surface area is 148 Å². The van der Waals surface area contributed by atoms with Gasteiger partial charge in [-0.1, -0.05) is 25.1 Å². The highest BCUT2D eigenvalue weighted by atomic mass is 79.9. The number of halogens is 1. The molecule has 3 aromatic rings. The van der Waals surface area contributed by atoms with E-state index in [0.29, 0.717) is 22.4 Å². The molecule has 0 fully saturated rings. The van der Waals surface area contributed by atoms with Crippen LogP contribution in [0.1, 0.15) is 47.1 Å². The molecular weight excluding hydrogens is 370 g/mol. The van der Waals surface area contributed by atoms with Gasteiger partial charge in [0.05, 0.1) is 22.3 Å². The van der Waals surface area contributed by atoms with E-state index in [2.05, 4.69) is 31.4 Å². The smallest absolute Gasteiger partial charge is 0.259 e. The predicted octanol–water partition coefficient (Wildman–Crippen LogP) is 4.98. The summed E-state index contributed by atoms with van der Waals surface area (Å²) in [7, 11) is 0. The van der Waals surface area contributed by atoms with E-state index in [4.69, 9.17) is 4.52 Å². The van der Waals surface area contributed by atoms with Crippen molar-refractivity contribution in [1.29, 1.82) is 0 Å². The Balaban J connectivity index is 2.06. The van der Waals surface area contributed by atoms with E-state index < -0.39 is 0 Å². The van der Waals surface area contributed by atoms with E-state index >= 15 is 0 Å². The van der Waals surface area contributed by atoms with Crippen LogP contribution in [0.5, 0.6) is 0 Å². The highest BCUT2D eigenvalue weighted by molar-refractivity contribution is 9.10. The lowest BCUT2D eigenvalue weighted by Gasteiger charge is -2.11. The number of nitrogens with zero attached hydrogens (tertiary/aromatic N) is 2. The molecule has 0 aliphatic heterocycles. The van der Waals surface area contributed by atoms with Crippen molar-refractivity contribution in [1.82, 2.24) is 10.1 Å². The molecule has 0 atom stereocenters. The Kier molecular flexibility index (Phi) is 4.41. The molecule has 0 aliphatic rings. The standard InChI is InChI=1S/C18H18BrN3O2/c1-9(2)15-8-12(16-11(4)22-24-18(16)21-15)17(23)20-14-6-5-10(3)7-13(14)19/h5-9H,1-4H3,(H,20,23). The highest BCUT2D eigenvalue weighted by Crippen LogP contribution is 2.28. The van der Waals surface area contributed by atoms with Crippen molar-refractivity contribution in [2.45, 2.75) is 33.6 Å². The second kappa shape index (κ2) is 6.36. The van der Waals surface area contributed by atoms with Crippen molar-refractivity contribution >= 4 is 38.6 Å². The third kappa shape index (κ3) is 3.06. The summed E-state index contributed by atoms with van der Waals surface area (Å²) >= 11 is 3.48. The van der Waals surface area contributed by atoms with Crippen molar-refractivity contribution in [3.05, 3.63) is 51.3 Å². The Morgan fingerprint density at radius 3 is 2.67 bits per heavy atom. The number of hydrogen-bond donors (Lipinski definition) is 1. The van der Waals surface area contributed by atoms with Gasteiger partial charge in [-0.2, -0.15) is 0 Å². The summed E-state index contributed by atoms with van der Waals surface area (Å²) < 4.78 is 6.11. The first-order valence-electron chi connectivity index (χ1n) is 7.71. The zero-order chi connectivity index (χ0) is 17.4. The third-order valence-electron chi connectivity index (χ3n) is 3.85. The van der Waals surface area contributed by atoms with E-state index in [9.17, 15) is 4.79 Å². The van der Waals surface area contributed by atoms with Crippen LogP contribution in [0.15, 0.2) is 33.3 Å². The van der Waals surface area contributed by atoms with Crippen LogP contribution in [0.2, 0.25) is 0 Å². The summed E-state index contributed by atoms with van der Waals surface area (Å²) in [6, 6.07) is 7.60. The number of carbonyl (C=O) groups is 1. The summed E-state index contributed by atoms with van der Waals surface area (Å²) in [6.45, 7) is 7.85. The van der Waals surface area contributed by atoms with Gasteiger partial charge in [-0.15, -0.1) is 0 Å². The minimum atomic E-state index is -0.208. The van der Waals surface area contributed by atoms with Crippen LogP contribution in [0.25, 0.3) is 11.1 Å². The minimum absolute atomic E-state index is 0.178. The van der Waals surface area contributed by atoms with Gasteiger partial charge in [-0.3, -0.25) is 4.79 Å². The summed E-state index contributed by atoms with van der Waals surface area (Å²) in [5.41, 5.74) is 4.20. The molecule has 24 heavy (non-hydrogen) atoms. The number of aryl methyl sites for hydroxylation is 2. The molecule has 3 rings (SSSR count). The third-order valence-corrected chi connectivity index (χ3v) is 4.50. The molecule has 6 heteroatoms. The number of aromatic nitrogens is 2. The first-order valence-corrected chi connectivity index (χ1v) is 8.50. The van der Waals surface area contributed by atoms with Crippen molar-refractivity contribution in [3.8, 4) is 0 Å². The van der Waals surface area contributed by atoms with Gasteiger partial charge in [0.2, 0.25) is 0 Å². The van der Waals surface area contributed by atoms with Gasteiger partial charge in [0.1, 0.15) is 0 Å². The van der Waals surface area contributed by atoms with Crippen LogP contribution in [-0.4, -0.2) is 16.0 Å². The number of anilines is 1. The molecule has 1 amide bonds. The molecule has 0 unspecified atom stereocenters. The molecule has 0 aliphatic carbocycles. The minimum Gasteiger partial charge on any atom is -0.336 e. The Bertz CT molecular complexity index is 931. The summed E-state index contributed by atoms with van der Waals surface area (Å²) in [4.78, 5) is 17.3. The maximum Gasteiger partial charge on any atom is 0.259 e. The molecular formula is C18H18BrN3O2. The van der Waals surface area contributed by atoms with E-state index in [0.717, 1.165) is 21.4 Å². The number of amides is 1. The largest absolute Gasteiger partial charge is 0.336 e. The molecule has 2 aromatic heterocycles. The normalized spacial score (nSPS) is 11.2. The number of carbonyl (C=O) groups excluding carboxylic acids is 1. The Hall–Kier alpha value is -2.21. The maximum absolute atomic E-state index is 12.9. The molecule has 0 radical (unpaired) electrons. The number of rotatable bonds is 3. The Morgan fingerprint density at radius 2 is 2.00 bits per heavy atom. The molecule has 2 heterocycles. The number of nitrogens with one attached hydrogen (secondary N) is 1. The predicted molar refractivity (Wildman–Crippen MR) is 97.5 cm³/mol. The fourth-order valence-electron chi connectivity index (χ4n) is 2.50. The van der Waals surface area contributed by atoms with Crippen LogP contribution in [0.3, 0.4) is 0 Å². The molecule has 1 aromatic carbocycles. The van der Waals surface area contributed by atoms with Gasteiger partial charge in [0.25, 0.3) is 11.6 Å². The maximum atomic E-state index is 12.9. The second-order valence-electron chi connectivity index (χ2n) is 6.13. The van der Waals surface area contributed by atoms with Crippen LogP contribution in [0, 0.1) is 13.8 Å². The average Bonchev–Trinajstić information content (AvgIpc) is 2.90. The SMILES string of the molecule is Cc1ccc(NC(=O)c2cc(C(C)C)nc3onc(C)c23)c(Br)c1. The Morgan fingerprint density at radius 1 is 1.25 bits per heavy atom. The second-order valence-corrected chi connectivity index (χ2v) is 6.99. The lowest BCUT2D eigenvalue weighted by molar-refractivity contribution is 0.102. The van der Waals surface area contributed by atoms with Crippen LogP contribution >= 0.6 is 15.9 Å². The fraction of sp³-hybridized carbons (Fsp3) is 0.278. The first kappa shape index (κ1) is 16.6. The molecule has 1 N–H and O–H groups in total. The fourth-order valence-corrected chi connectivity index (χ4v) is 3.09. The van der Waals surface area contributed by atoms with Crippen LogP contribution < -0.4 is 5.32 Å². The van der Waals surface area contributed by atoms with Gasteiger partial charge in [0, 0.05) is 10.2 Å². The van der Waals surface area contributed by atoms with Crippen LogP contribution in [0.4, 0.5) is 5.69 Å². The summed E-state index contributed by atoms with van der Waals surface area (Å²) in [5, 5.41) is 7.55.